The Morgan fingerprint density at radius 1 is 1.50 bits per heavy atom. The van der Waals surface area contributed by atoms with Crippen molar-refractivity contribution in [1.29, 1.82) is 0 Å². The van der Waals surface area contributed by atoms with Gasteiger partial charge < -0.3 is 10.8 Å². The lowest BCUT2D eigenvalue weighted by atomic mass is 10.2. The van der Waals surface area contributed by atoms with Crippen LogP contribution in [0.1, 0.15) is 0 Å². The van der Waals surface area contributed by atoms with Crippen molar-refractivity contribution in [2.45, 2.75) is 6.54 Å². The number of halogens is 1. The summed E-state index contributed by atoms with van der Waals surface area (Å²) in [6.45, 7) is 1.02. The first-order valence-electron chi connectivity index (χ1n) is 4.28. The van der Waals surface area contributed by atoms with Crippen LogP contribution < -0.4 is 5.73 Å². The van der Waals surface area contributed by atoms with Gasteiger partial charge in [-0.1, -0.05) is 17.7 Å². The number of phenols is 1. The Kier molecular flexibility index (Phi) is 2.31. The number of rotatable bonds is 2. The van der Waals surface area contributed by atoms with Crippen LogP contribution in [-0.4, -0.2) is 21.4 Å². The molecule has 0 aliphatic rings. The maximum Gasteiger partial charge on any atom is 0.138 e. The Bertz CT molecular complexity index is 466. The van der Waals surface area contributed by atoms with Crippen molar-refractivity contribution in [2.75, 3.05) is 6.54 Å². The average molecular weight is 212 g/mol. The Morgan fingerprint density at radius 2 is 2.29 bits per heavy atom. The third kappa shape index (κ3) is 1.32. The van der Waals surface area contributed by atoms with E-state index < -0.39 is 0 Å². The van der Waals surface area contributed by atoms with E-state index in [1.54, 1.807) is 22.9 Å². The second-order valence-electron chi connectivity index (χ2n) is 2.97. The van der Waals surface area contributed by atoms with Gasteiger partial charge >= 0.3 is 0 Å². The van der Waals surface area contributed by atoms with E-state index in [4.69, 9.17) is 17.3 Å². The van der Waals surface area contributed by atoms with Crippen molar-refractivity contribution >= 4 is 22.5 Å². The average Bonchev–Trinajstić information content (AvgIpc) is 2.46. The number of aromatic hydroxyl groups is 1. The lowest BCUT2D eigenvalue weighted by molar-refractivity contribution is 0.481. The van der Waals surface area contributed by atoms with Crippen LogP contribution in [0, 0.1) is 0 Å². The van der Waals surface area contributed by atoms with Gasteiger partial charge in [-0.15, -0.1) is 0 Å². The zero-order valence-electron chi connectivity index (χ0n) is 7.44. The standard InChI is InChI=1S/C9H10ClN3O/c10-9-8-6(2-1-3-7(8)14)12-13(9)5-4-11/h1-3,14H,4-5,11H2. The predicted molar refractivity (Wildman–Crippen MR) is 55.5 cm³/mol. The topological polar surface area (TPSA) is 64.1 Å². The molecule has 0 fully saturated rings. The smallest absolute Gasteiger partial charge is 0.138 e. The highest BCUT2D eigenvalue weighted by Gasteiger charge is 2.11. The van der Waals surface area contributed by atoms with Crippen molar-refractivity contribution in [3.8, 4) is 5.75 Å². The van der Waals surface area contributed by atoms with Crippen molar-refractivity contribution in [1.82, 2.24) is 9.78 Å². The van der Waals surface area contributed by atoms with Crippen LogP contribution in [0.4, 0.5) is 0 Å². The first-order chi connectivity index (χ1) is 6.74. The molecule has 2 rings (SSSR count). The summed E-state index contributed by atoms with van der Waals surface area (Å²) in [4.78, 5) is 0. The van der Waals surface area contributed by atoms with Gasteiger partial charge in [-0.3, -0.25) is 4.68 Å². The van der Waals surface area contributed by atoms with Crippen LogP contribution in [0.3, 0.4) is 0 Å². The Morgan fingerprint density at radius 3 is 2.93 bits per heavy atom. The summed E-state index contributed by atoms with van der Waals surface area (Å²) in [6.07, 6.45) is 0. The van der Waals surface area contributed by atoms with Gasteiger partial charge in [0.1, 0.15) is 10.9 Å². The fraction of sp³-hybridized carbons (Fsp3) is 0.222. The maximum absolute atomic E-state index is 9.56. The summed E-state index contributed by atoms with van der Waals surface area (Å²) in [5.74, 6) is 0.149. The fourth-order valence-corrected chi connectivity index (χ4v) is 1.71. The number of nitrogens with zero attached hydrogens (tertiary/aromatic N) is 2. The van der Waals surface area contributed by atoms with Crippen LogP contribution in [0.5, 0.6) is 5.75 Å². The van der Waals surface area contributed by atoms with Gasteiger partial charge in [0.15, 0.2) is 0 Å². The van der Waals surface area contributed by atoms with E-state index in [9.17, 15) is 5.11 Å². The van der Waals surface area contributed by atoms with Gasteiger partial charge in [0.05, 0.1) is 17.4 Å². The van der Waals surface area contributed by atoms with Crippen LogP contribution in [-0.2, 0) is 6.54 Å². The first-order valence-corrected chi connectivity index (χ1v) is 4.66. The highest BCUT2D eigenvalue weighted by atomic mass is 35.5. The molecule has 1 aromatic heterocycles. The van der Waals surface area contributed by atoms with Crippen molar-refractivity contribution in [2.24, 2.45) is 5.73 Å². The zero-order chi connectivity index (χ0) is 10.1. The minimum absolute atomic E-state index is 0.149. The molecule has 0 aliphatic carbocycles. The molecule has 1 heterocycles. The lowest BCUT2D eigenvalue weighted by Crippen LogP contribution is -2.10. The highest BCUT2D eigenvalue weighted by Crippen LogP contribution is 2.30. The van der Waals surface area contributed by atoms with Crippen molar-refractivity contribution in [3.63, 3.8) is 0 Å². The normalized spacial score (nSPS) is 11.0. The number of fused-ring (bicyclic) bond motifs is 1. The van der Waals surface area contributed by atoms with Crippen LogP contribution in [0.2, 0.25) is 5.15 Å². The molecule has 0 spiro atoms. The molecule has 3 N–H and O–H groups in total. The zero-order valence-corrected chi connectivity index (χ0v) is 8.20. The van der Waals surface area contributed by atoms with Crippen LogP contribution >= 0.6 is 11.6 Å². The molecule has 1 aromatic carbocycles. The third-order valence-corrected chi connectivity index (χ3v) is 2.41. The van der Waals surface area contributed by atoms with Crippen molar-refractivity contribution < 1.29 is 5.11 Å². The first kappa shape index (κ1) is 9.30. The molecule has 0 aliphatic heterocycles. The van der Waals surface area contributed by atoms with E-state index >= 15 is 0 Å². The number of hydrogen-bond acceptors (Lipinski definition) is 3. The summed E-state index contributed by atoms with van der Waals surface area (Å²) in [6, 6.07) is 5.12. The van der Waals surface area contributed by atoms with E-state index in [0.29, 0.717) is 29.1 Å². The number of phenolic OH excluding ortho intramolecular Hbond substituents is 1. The summed E-state index contributed by atoms with van der Waals surface area (Å²) < 4.78 is 1.59. The second-order valence-corrected chi connectivity index (χ2v) is 3.33. The molecule has 4 nitrogen and oxygen atoms in total. The SMILES string of the molecule is NCCn1nc2cccc(O)c2c1Cl. The van der Waals surface area contributed by atoms with E-state index in [1.165, 1.54) is 0 Å². The van der Waals surface area contributed by atoms with Gasteiger partial charge in [-0.05, 0) is 12.1 Å². The van der Waals surface area contributed by atoms with Crippen LogP contribution in [0.15, 0.2) is 18.2 Å². The van der Waals surface area contributed by atoms with Gasteiger partial charge in [0.2, 0.25) is 0 Å². The molecule has 0 radical (unpaired) electrons. The summed E-state index contributed by atoms with van der Waals surface area (Å²) >= 11 is 6.03. The summed E-state index contributed by atoms with van der Waals surface area (Å²) in [5, 5.41) is 14.8. The van der Waals surface area contributed by atoms with Gasteiger partial charge in [-0.25, -0.2) is 0 Å². The van der Waals surface area contributed by atoms with Gasteiger partial charge in [0, 0.05) is 6.54 Å². The molecule has 5 heteroatoms. The Hall–Kier alpha value is -1.26. The molecule has 74 valence electrons. The number of nitrogens with two attached hydrogens (primary N) is 1. The summed E-state index contributed by atoms with van der Waals surface area (Å²) in [7, 11) is 0. The van der Waals surface area contributed by atoms with E-state index in [-0.39, 0.29) is 5.75 Å². The fourth-order valence-electron chi connectivity index (χ4n) is 1.40. The Labute approximate surface area is 85.9 Å². The molecular formula is C9H10ClN3O. The Balaban J connectivity index is 2.68. The minimum atomic E-state index is 0.149. The molecule has 0 amide bonds. The lowest BCUT2D eigenvalue weighted by Gasteiger charge is -1.98. The van der Waals surface area contributed by atoms with E-state index in [1.807, 2.05) is 0 Å². The largest absolute Gasteiger partial charge is 0.507 e. The van der Waals surface area contributed by atoms with E-state index in [2.05, 4.69) is 5.10 Å². The van der Waals surface area contributed by atoms with Crippen molar-refractivity contribution in [3.05, 3.63) is 23.4 Å². The second kappa shape index (κ2) is 3.48. The molecular weight excluding hydrogens is 202 g/mol. The number of benzene rings is 1. The molecule has 0 bridgehead atoms. The monoisotopic (exact) mass is 211 g/mol. The predicted octanol–water partition coefficient (Wildman–Crippen LogP) is 1.35. The molecule has 2 aromatic rings. The molecule has 0 unspecified atom stereocenters. The highest BCUT2D eigenvalue weighted by molar-refractivity contribution is 6.35. The minimum Gasteiger partial charge on any atom is -0.507 e. The molecule has 0 atom stereocenters. The maximum atomic E-state index is 9.56. The van der Waals surface area contributed by atoms with Gasteiger partial charge in [-0.2, -0.15) is 5.10 Å². The summed E-state index contributed by atoms with van der Waals surface area (Å²) in [5.41, 5.74) is 6.09. The number of hydrogen-bond donors (Lipinski definition) is 2. The number of aromatic nitrogens is 2. The molecule has 0 saturated carbocycles. The molecule has 14 heavy (non-hydrogen) atoms. The van der Waals surface area contributed by atoms with E-state index in [0.717, 1.165) is 0 Å². The van der Waals surface area contributed by atoms with Crippen LogP contribution in [0.25, 0.3) is 10.9 Å². The quantitative estimate of drug-likeness (QED) is 0.788. The van der Waals surface area contributed by atoms with Gasteiger partial charge in [0.25, 0.3) is 0 Å². The third-order valence-electron chi connectivity index (χ3n) is 2.02. The molecule has 0 saturated heterocycles.